The highest BCUT2D eigenvalue weighted by Gasteiger charge is 2.43. The van der Waals surface area contributed by atoms with E-state index >= 15 is 4.39 Å². The highest BCUT2D eigenvalue weighted by Crippen LogP contribution is 2.44. The third kappa shape index (κ3) is 4.06. The van der Waals surface area contributed by atoms with Crippen LogP contribution in [0, 0.1) is 19.7 Å². The fraction of sp³-hybridized carbons (Fsp3) is 0.214. The van der Waals surface area contributed by atoms with E-state index in [1.807, 2.05) is 43.3 Å². The van der Waals surface area contributed by atoms with E-state index in [4.69, 9.17) is 12.2 Å². The van der Waals surface area contributed by atoms with Crippen molar-refractivity contribution in [3.8, 4) is 5.69 Å². The van der Waals surface area contributed by atoms with Crippen LogP contribution in [0.3, 0.4) is 0 Å². The summed E-state index contributed by atoms with van der Waals surface area (Å²) in [4.78, 5) is 8.59. The molecule has 0 radical (unpaired) electrons. The third-order valence-electron chi connectivity index (χ3n) is 6.62. The monoisotopic (exact) mass is 485 g/mol. The van der Waals surface area contributed by atoms with Crippen molar-refractivity contribution < 1.29 is 4.39 Å². The summed E-state index contributed by atoms with van der Waals surface area (Å²) in [7, 11) is 4.06. The van der Waals surface area contributed by atoms with E-state index < -0.39 is 0 Å². The maximum Gasteiger partial charge on any atom is 0.174 e. The fourth-order valence-corrected chi connectivity index (χ4v) is 5.30. The van der Waals surface area contributed by atoms with Gasteiger partial charge in [0.25, 0.3) is 0 Å². The zero-order valence-electron chi connectivity index (χ0n) is 20.2. The van der Waals surface area contributed by atoms with Crippen LogP contribution < -0.4 is 15.1 Å². The van der Waals surface area contributed by atoms with Gasteiger partial charge in [0.15, 0.2) is 5.11 Å². The van der Waals surface area contributed by atoms with Crippen molar-refractivity contribution in [2.24, 2.45) is 0 Å². The van der Waals surface area contributed by atoms with Gasteiger partial charge in [-0.05, 0) is 86.2 Å². The van der Waals surface area contributed by atoms with Crippen LogP contribution in [0.2, 0.25) is 0 Å². The summed E-state index contributed by atoms with van der Waals surface area (Å²) in [6.45, 7) is 4.21. The maximum absolute atomic E-state index is 15.0. The second kappa shape index (κ2) is 9.15. The molecule has 0 spiro atoms. The highest BCUT2D eigenvalue weighted by molar-refractivity contribution is 7.80. The Balaban J connectivity index is 1.66. The molecule has 4 aromatic rings. The summed E-state index contributed by atoms with van der Waals surface area (Å²) in [6.07, 6.45) is 1.78. The van der Waals surface area contributed by atoms with E-state index in [2.05, 4.69) is 63.9 Å². The molecule has 2 aromatic carbocycles. The Hall–Kier alpha value is -3.71. The minimum Gasteiger partial charge on any atom is -0.378 e. The van der Waals surface area contributed by atoms with Gasteiger partial charge in [-0.25, -0.2) is 4.39 Å². The zero-order valence-corrected chi connectivity index (χ0v) is 21.1. The van der Waals surface area contributed by atoms with Crippen LogP contribution in [0.25, 0.3) is 5.69 Å². The minimum atomic E-state index is -0.309. The smallest absolute Gasteiger partial charge is 0.174 e. The van der Waals surface area contributed by atoms with Crippen LogP contribution in [-0.2, 0) is 0 Å². The van der Waals surface area contributed by atoms with E-state index in [9.17, 15) is 0 Å². The summed E-state index contributed by atoms with van der Waals surface area (Å²) in [5, 5.41) is 3.91. The molecule has 0 saturated carbocycles. The number of anilines is 2. The van der Waals surface area contributed by atoms with Gasteiger partial charge in [0.1, 0.15) is 5.82 Å². The number of hydrogen-bond donors (Lipinski definition) is 1. The lowest BCUT2D eigenvalue weighted by atomic mass is 9.96. The van der Waals surface area contributed by atoms with Gasteiger partial charge in [-0.2, -0.15) is 0 Å². The molecule has 35 heavy (non-hydrogen) atoms. The van der Waals surface area contributed by atoms with E-state index in [1.165, 1.54) is 6.07 Å². The molecular formula is C28H28FN5S. The number of hydrogen-bond acceptors (Lipinski definition) is 3. The number of pyridine rings is 1. The highest BCUT2D eigenvalue weighted by atomic mass is 32.1. The minimum absolute atomic E-state index is 0.228. The van der Waals surface area contributed by atoms with Crippen molar-refractivity contribution in [2.45, 2.75) is 25.9 Å². The van der Waals surface area contributed by atoms with Gasteiger partial charge in [-0.1, -0.05) is 18.2 Å². The Morgan fingerprint density at radius 2 is 1.69 bits per heavy atom. The van der Waals surface area contributed by atoms with Gasteiger partial charge in [-0.15, -0.1) is 0 Å². The van der Waals surface area contributed by atoms with E-state index in [0.29, 0.717) is 10.8 Å². The summed E-state index contributed by atoms with van der Waals surface area (Å²) < 4.78 is 17.3. The molecule has 178 valence electrons. The lowest BCUT2D eigenvalue weighted by molar-refractivity contribution is 0.556. The van der Waals surface area contributed by atoms with Crippen LogP contribution in [0.5, 0.6) is 0 Å². The van der Waals surface area contributed by atoms with E-state index in [-0.39, 0.29) is 17.9 Å². The first-order valence-electron chi connectivity index (χ1n) is 11.6. The van der Waals surface area contributed by atoms with Crippen molar-refractivity contribution in [2.75, 3.05) is 23.9 Å². The number of thiocarbonyl (C=S) groups is 1. The average molecular weight is 486 g/mol. The number of para-hydroxylation sites is 1. The Kier molecular flexibility index (Phi) is 6.03. The number of aryl methyl sites for hydroxylation is 1. The Morgan fingerprint density at radius 1 is 0.971 bits per heavy atom. The van der Waals surface area contributed by atoms with Gasteiger partial charge >= 0.3 is 0 Å². The van der Waals surface area contributed by atoms with Gasteiger partial charge in [0.2, 0.25) is 0 Å². The molecule has 1 N–H and O–H groups in total. The van der Waals surface area contributed by atoms with Crippen LogP contribution in [0.1, 0.15) is 34.7 Å². The normalized spacial score (nSPS) is 17.5. The number of benzene rings is 2. The van der Waals surface area contributed by atoms with E-state index in [1.54, 1.807) is 18.3 Å². The predicted molar refractivity (Wildman–Crippen MR) is 144 cm³/mol. The first-order chi connectivity index (χ1) is 16.9. The third-order valence-corrected chi connectivity index (χ3v) is 6.94. The van der Waals surface area contributed by atoms with Crippen molar-refractivity contribution in [1.82, 2.24) is 14.9 Å². The van der Waals surface area contributed by atoms with Crippen molar-refractivity contribution in [3.05, 3.63) is 107 Å². The summed E-state index contributed by atoms with van der Waals surface area (Å²) in [5.74, 6) is -0.309. The molecule has 1 saturated heterocycles. The van der Waals surface area contributed by atoms with Crippen LogP contribution in [0.4, 0.5) is 15.8 Å². The SMILES string of the molecule is Cc1cc([C@H]2[C@@H](c3ccccn3)NC(=S)N2c2ccccc2F)c(C)n1-c1ccc(N(C)C)cc1. The summed E-state index contributed by atoms with van der Waals surface area (Å²) in [6, 6.07) is 22.8. The van der Waals surface area contributed by atoms with Crippen molar-refractivity contribution >= 4 is 28.7 Å². The summed E-state index contributed by atoms with van der Waals surface area (Å²) in [5.41, 5.74) is 6.79. The van der Waals surface area contributed by atoms with Gasteiger partial charge < -0.3 is 19.7 Å². The molecule has 0 aliphatic carbocycles. The molecule has 5 rings (SSSR count). The molecule has 0 amide bonds. The first kappa shape index (κ1) is 23.1. The quantitative estimate of drug-likeness (QED) is 0.358. The Bertz CT molecular complexity index is 1360. The average Bonchev–Trinajstić information content (AvgIpc) is 3.35. The molecule has 1 aliphatic rings. The zero-order chi connectivity index (χ0) is 24.7. The number of halogens is 1. The van der Waals surface area contributed by atoms with Gasteiger partial charge in [0, 0.05) is 43.1 Å². The van der Waals surface area contributed by atoms with Crippen LogP contribution >= 0.6 is 12.2 Å². The topological polar surface area (TPSA) is 36.3 Å². The fourth-order valence-electron chi connectivity index (χ4n) is 4.96. The molecule has 3 heterocycles. The molecule has 2 aromatic heterocycles. The lowest BCUT2D eigenvalue weighted by Gasteiger charge is -2.28. The predicted octanol–water partition coefficient (Wildman–Crippen LogP) is 5.87. The molecule has 0 bridgehead atoms. The number of nitrogens with zero attached hydrogens (tertiary/aromatic N) is 4. The Morgan fingerprint density at radius 3 is 2.34 bits per heavy atom. The maximum atomic E-state index is 15.0. The number of rotatable bonds is 5. The largest absolute Gasteiger partial charge is 0.378 e. The Labute approximate surface area is 210 Å². The second-order valence-corrected chi connectivity index (χ2v) is 9.41. The molecule has 0 unspecified atom stereocenters. The molecule has 7 heteroatoms. The molecule has 1 aliphatic heterocycles. The number of aromatic nitrogens is 2. The summed E-state index contributed by atoms with van der Waals surface area (Å²) >= 11 is 5.76. The van der Waals surface area contributed by atoms with Gasteiger partial charge in [-0.3, -0.25) is 4.98 Å². The van der Waals surface area contributed by atoms with Crippen molar-refractivity contribution in [3.63, 3.8) is 0 Å². The van der Waals surface area contributed by atoms with Crippen LogP contribution in [0.15, 0.2) is 79.0 Å². The second-order valence-electron chi connectivity index (χ2n) is 9.02. The van der Waals surface area contributed by atoms with E-state index in [0.717, 1.165) is 34.0 Å². The number of nitrogens with one attached hydrogen (secondary N) is 1. The molecule has 1 fully saturated rings. The standard InChI is InChI=1S/C28H28FN5S/c1-18-17-22(19(2)33(18)21-14-12-20(13-15-21)32(3)4)27-26(24-10-7-8-16-30-24)31-28(35)34(27)25-11-6-5-9-23(25)29/h5-17,26-27H,1-4H3,(H,31,35)/t26-,27+/m1/s1. The first-order valence-corrected chi connectivity index (χ1v) is 12.0. The van der Waals surface area contributed by atoms with Crippen molar-refractivity contribution in [1.29, 1.82) is 0 Å². The molecular weight excluding hydrogens is 457 g/mol. The van der Waals surface area contributed by atoms with Gasteiger partial charge in [0.05, 0.1) is 23.5 Å². The molecule has 5 nitrogen and oxygen atoms in total. The van der Waals surface area contributed by atoms with Crippen LogP contribution in [-0.4, -0.2) is 28.8 Å². The lowest BCUT2D eigenvalue weighted by Crippen LogP contribution is -2.30. The molecule has 2 atom stereocenters.